The van der Waals surface area contributed by atoms with Crippen LogP contribution in [-0.2, 0) is 11.3 Å². The van der Waals surface area contributed by atoms with Crippen LogP contribution in [0, 0.1) is 5.82 Å². The molecule has 0 aromatic heterocycles. The molecule has 1 N–H and O–H groups in total. The number of hydrogen-bond acceptors (Lipinski definition) is 3. The second kappa shape index (κ2) is 5.75. The average molecular weight is 287 g/mol. The number of benzene rings is 1. The molecular weight excluding hydrogens is 271 g/mol. The maximum Gasteiger partial charge on any atom is 0.414 e. The summed E-state index contributed by atoms with van der Waals surface area (Å²) in [6.45, 7) is 1.98. The van der Waals surface area contributed by atoms with Crippen molar-refractivity contribution < 1.29 is 13.9 Å². The summed E-state index contributed by atoms with van der Waals surface area (Å²) in [7, 11) is 0. The minimum absolute atomic E-state index is 0. The van der Waals surface area contributed by atoms with Crippen molar-refractivity contribution in [3.05, 3.63) is 29.6 Å². The molecule has 0 aliphatic carbocycles. The van der Waals surface area contributed by atoms with E-state index in [-0.39, 0.29) is 37.0 Å². The highest BCUT2D eigenvalue weighted by Crippen LogP contribution is 2.31. The molecule has 2 aliphatic rings. The van der Waals surface area contributed by atoms with Gasteiger partial charge in [-0.2, -0.15) is 0 Å². The van der Waals surface area contributed by atoms with E-state index in [1.807, 2.05) is 0 Å². The molecule has 0 spiro atoms. The summed E-state index contributed by atoms with van der Waals surface area (Å²) >= 11 is 0. The van der Waals surface area contributed by atoms with Gasteiger partial charge in [-0.3, -0.25) is 4.90 Å². The number of carbonyl (C=O) groups is 1. The largest absolute Gasteiger partial charge is 0.444 e. The number of nitrogens with one attached hydrogen (secondary N) is 1. The maximum absolute atomic E-state index is 13.4. The third kappa shape index (κ3) is 2.67. The Hall–Kier alpha value is -1.33. The highest BCUT2D eigenvalue weighted by Gasteiger charge is 2.32. The number of anilines is 1. The predicted molar refractivity (Wildman–Crippen MR) is 72.2 cm³/mol. The zero-order chi connectivity index (χ0) is 12.5. The molecule has 104 valence electrons. The number of carbonyl (C=O) groups excluding carboxylic acids is 1. The minimum atomic E-state index is -0.361. The first-order chi connectivity index (χ1) is 8.75. The lowest BCUT2D eigenvalue weighted by Gasteiger charge is -2.37. The lowest BCUT2D eigenvalue weighted by Crippen LogP contribution is -2.48. The second-order valence-electron chi connectivity index (χ2n) is 4.68. The predicted octanol–water partition coefficient (Wildman–Crippen LogP) is 2.46. The lowest BCUT2D eigenvalue weighted by atomic mass is 10.0. The zero-order valence-corrected chi connectivity index (χ0v) is 11.2. The van der Waals surface area contributed by atoms with Gasteiger partial charge in [-0.25, -0.2) is 9.18 Å². The van der Waals surface area contributed by atoms with E-state index >= 15 is 0 Å². The molecule has 19 heavy (non-hydrogen) atoms. The van der Waals surface area contributed by atoms with Crippen LogP contribution >= 0.6 is 12.4 Å². The summed E-state index contributed by atoms with van der Waals surface area (Å²) in [6, 6.07) is 4.61. The van der Waals surface area contributed by atoms with E-state index in [1.54, 1.807) is 11.0 Å². The number of halogens is 2. The number of cyclic esters (lactones) is 1. The second-order valence-corrected chi connectivity index (χ2v) is 4.68. The molecule has 1 saturated heterocycles. The molecule has 1 amide bonds. The van der Waals surface area contributed by atoms with Crippen LogP contribution < -0.4 is 10.2 Å². The van der Waals surface area contributed by atoms with Crippen LogP contribution in [0.5, 0.6) is 0 Å². The van der Waals surface area contributed by atoms with Gasteiger partial charge in [0.1, 0.15) is 12.4 Å². The maximum atomic E-state index is 13.4. The van der Waals surface area contributed by atoms with E-state index in [1.165, 1.54) is 12.1 Å². The van der Waals surface area contributed by atoms with Crippen LogP contribution in [0.2, 0.25) is 0 Å². The Morgan fingerprint density at radius 2 is 2.05 bits per heavy atom. The smallest absolute Gasteiger partial charge is 0.414 e. The molecule has 4 nitrogen and oxygen atoms in total. The van der Waals surface area contributed by atoms with Gasteiger partial charge in [0.25, 0.3) is 0 Å². The van der Waals surface area contributed by atoms with Crippen molar-refractivity contribution in [2.75, 3.05) is 18.0 Å². The van der Waals surface area contributed by atoms with Crippen molar-refractivity contribution in [1.82, 2.24) is 5.32 Å². The van der Waals surface area contributed by atoms with Gasteiger partial charge in [0.2, 0.25) is 0 Å². The van der Waals surface area contributed by atoms with Gasteiger partial charge in [-0.15, -0.1) is 12.4 Å². The van der Waals surface area contributed by atoms with Crippen LogP contribution in [0.15, 0.2) is 18.2 Å². The molecule has 0 saturated carbocycles. The molecule has 1 aromatic rings. The minimum Gasteiger partial charge on any atom is -0.444 e. The fourth-order valence-electron chi connectivity index (χ4n) is 2.60. The molecule has 2 aliphatic heterocycles. The summed E-state index contributed by atoms with van der Waals surface area (Å²) in [5, 5.41) is 3.25. The Balaban J connectivity index is 0.00000133. The summed E-state index contributed by atoms with van der Waals surface area (Å²) < 4.78 is 18.5. The van der Waals surface area contributed by atoms with E-state index in [0.717, 1.165) is 31.5 Å². The first-order valence-electron chi connectivity index (χ1n) is 6.21. The van der Waals surface area contributed by atoms with Crippen LogP contribution in [0.4, 0.5) is 14.9 Å². The van der Waals surface area contributed by atoms with E-state index < -0.39 is 0 Å². The third-order valence-electron chi connectivity index (χ3n) is 3.53. The summed E-state index contributed by atoms with van der Waals surface area (Å²) in [5.74, 6) is -0.317. The van der Waals surface area contributed by atoms with Crippen molar-refractivity contribution >= 4 is 24.2 Å². The highest BCUT2D eigenvalue weighted by atomic mass is 35.5. The van der Waals surface area contributed by atoms with Crippen molar-refractivity contribution in [1.29, 1.82) is 0 Å². The van der Waals surface area contributed by atoms with Gasteiger partial charge in [0.15, 0.2) is 0 Å². The molecule has 0 bridgehead atoms. The van der Waals surface area contributed by atoms with Gasteiger partial charge >= 0.3 is 6.09 Å². The van der Waals surface area contributed by atoms with Crippen LogP contribution in [0.3, 0.4) is 0 Å². The molecule has 1 aromatic carbocycles. The number of nitrogens with zero attached hydrogens (tertiary/aromatic N) is 1. The Kier molecular flexibility index (Phi) is 4.27. The van der Waals surface area contributed by atoms with Gasteiger partial charge in [0.05, 0.1) is 5.69 Å². The topological polar surface area (TPSA) is 41.6 Å². The van der Waals surface area contributed by atoms with Gasteiger partial charge in [0, 0.05) is 11.6 Å². The Morgan fingerprint density at radius 3 is 2.79 bits per heavy atom. The van der Waals surface area contributed by atoms with E-state index in [2.05, 4.69) is 5.32 Å². The summed E-state index contributed by atoms with van der Waals surface area (Å²) in [5.41, 5.74) is 1.53. The Morgan fingerprint density at radius 1 is 1.32 bits per heavy atom. The normalized spacial score (nSPS) is 19.4. The van der Waals surface area contributed by atoms with E-state index in [9.17, 15) is 9.18 Å². The fraction of sp³-hybridized carbons (Fsp3) is 0.462. The molecule has 6 heteroatoms. The first kappa shape index (κ1) is 14.1. The van der Waals surface area contributed by atoms with Gasteiger partial charge < -0.3 is 10.1 Å². The monoisotopic (exact) mass is 286 g/mol. The summed E-state index contributed by atoms with van der Waals surface area (Å²) in [4.78, 5) is 13.5. The number of hydrogen-bond donors (Lipinski definition) is 1. The van der Waals surface area contributed by atoms with Crippen molar-refractivity contribution in [2.24, 2.45) is 0 Å². The fourth-order valence-corrected chi connectivity index (χ4v) is 2.60. The SMILES string of the molecule is Cl.O=C1OCc2ccc(F)cc2N1C1CCNCC1. The molecule has 1 fully saturated rings. The average Bonchev–Trinajstić information content (AvgIpc) is 2.39. The third-order valence-corrected chi connectivity index (χ3v) is 3.53. The highest BCUT2D eigenvalue weighted by molar-refractivity contribution is 5.91. The quantitative estimate of drug-likeness (QED) is 0.862. The van der Waals surface area contributed by atoms with Crippen molar-refractivity contribution in [3.63, 3.8) is 0 Å². The van der Waals surface area contributed by atoms with Crippen LogP contribution in [0.25, 0.3) is 0 Å². The number of rotatable bonds is 1. The molecular formula is C13H16ClFN2O2. The molecule has 2 heterocycles. The molecule has 0 radical (unpaired) electrons. The van der Waals surface area contributed by atoms with Gasteiger partial charge in [-0.1, -0.05) is 6.07 Å². The molecule has 0 atom stereocenters. The first-order valence-corrected chi connectivity index (χ1v) is 6.21. The lowest BCUT2D eigenvalue weighted by molar-refractivity contribution is 0.137. The number of ether oxygens (including phenoxy) is 1. The Bertz CT molecular complexity index is 478. The van der Waals surface area contributed by atoms with Crippen molar-refractivity contribution in [3.8, 4) is 0 Å². The zero-order valence-electron chi connectivity index (χ0n) is 10.4. The number of piperidine rings is 1. The van der Waals surface area contributed by atoms with E-state index in [0.29, 0.717) is 5.69 Å². The van der Waals surface area contributed by atoms with Crippen LogP contribution in [0.1, 0.15) is 18.4 Å². The summed E-state index contributed by atoms with van der Waals surface area (Å²) in [6.07, 6.45) is 1.37. The van der Waals surface area contributed by atoms with Gasteiger partial charge in [-0.05, 0) is 38.1 Å². The molecule has 3 rings (SSSR count). The Labute approximate surface area is 117 Å². The number of fused-ring (bicyclic) bond motifs is 1. The number of amides is 1. The standard InChI is InChI=1S/C13H15FN2O2.ClH/c14-10-2-1-9-8-18-13(17)16(12(9)7-10)11-3-5-15-6-4-11;/h1-2,7,11,15H,3-6,8H2;1H. The van der Waals surface area contributed by atoms with Crippen molar-refractivity contribution in [2.45, 2.75) is 25.5 Å². The van der Waals surface area contributed by atoms with Crippen LogP contribution in [-0.4, -0.2) is 25.2 Å². The molecule has 0 unspecified atom stereocenters. The van der Waals surface area contributed by atoms with E-state index in [4.69, 9.17) is 4.74 Å².